The molecule has 0 spiro atoms. The smallest absolute Gasteiger partial charge is 0.150 e. The van der Waals surface area contributed by atoms with Crippen molar-refractivity contribution in [2.24, 2.45) is 0 Å². The number of hydrogen-bond donors (Lipinski definition) is 0. The zero-order chi connectivity index (χ0) is 13.3. The van der Waals surface area contributed by atoms with E-state index in [-0.39, 0.29) is 10.2 Å². The van der Waals surface area contributed by atoms with Crippen LogP contribution >= 0.6 is 46.4 Å². The van der Waals surface area contributed by atoms with Crippen LogP contribution in [0.25, 0.3) is 11.1 Å². The number of carbonyl (C=O) groups excluding carboxylic acids is 1. The topological polar surface area (TPSA) is 30.0 Å². The highest BCUT2D eigenvalue weighted by Crippen LogP contribution is 2.40. The third-order valence-corrected chi connectivity index (χ3v) is 3.67. The van der Waals surface area contributed by atoms with Crippen molar-refractivity contribution >= 4 is 52.7 Å². The summed E-state index contributed by atoms with van der Waals surface area (Å²) < 4.78 is 0. The van der Waals surface area contributed by atoms with Gasteiger partial charge in [0.25, 0.3) is 0 Å². The summed E-state index contributed by atoms with van der Waals surface area (Å²) in [5, 5.41) is 1.23. The molecule has 92 valence electrons. The summed E-state index contributed by atoms with van der Waals surface area (Å²) in [5.74, 6) is 0. The largest absolute Gasteiger partial charge is 0.298 e. The summed E-state index contributed by atoms with van der Waals surface area (Å²) in [6, 6.07) is 4.63. The standard InChI is InChI=1S/C12H5Cl4NO/c13-8-1-2-9(14)12(16)11(8)7-4-17-10(15)3-6(7)5-18/h1-5H. The minimum absolute atomic E-state index is 0.218. The molecule has 0 saturated carbocycles. The van der Waals surface area contributed by atoms with E-state index in [1.165, 1.54) is 12.3 Å². The summed E-state index contributed by atoms with van der Waals surface area (Å²) in [7, 11) is 0. The summed E-state index contributed by atoms with van der Waals surface area (Å²) in [5.41, 5.74) is 1.31. The average Bonchev–Trinajstić information content (AvgIpc) is 2.36. The van der Waals surface area contributed by atoms with Gasteiger partial charge in [0.2, 0.25) is 0 Å². The summed E-state index contributed by atoms with van der Waals surface area (Å²) in [6.07, 6.45) is 2.10. The highest BCUT2D eigenvalue weighted by atomic mass is 35.5. The Bertz CT molecular complexity index is 628. The Labute approximate surface area is 123 Å². The van der Waals surface area contributed by atoms with E-state index in [0.717, 1.165) is 0 Å². The van der Waals surface area contributed by atoms with Crippen molar-refractivity contribution in [1.29, 1.82) is 0 Å². The number of benzene rings is 1. The second-order valence-corrected chi connectivity index (χ2v) is 5.01. The molecule has 2 nitrogen and oxygen atoms in total. The van der Waals surface area contributed by atoms with Gasteiger partial charge in [0, 0.05) is 22.9 Å². The molecule has 0 N–H and O–H groups in total. The Kier molecular flexibility index (Phi) is 4.13. The van der Waals surface area contributed by atoms with Crippen LogP contribution in [0.2, 0.25) is 20.2 Å². The fourth-order valence-corrected chi connectivity index (χ4v) is 2.42. The molecule has 0 radical (unpaired) electrons. The zero-order valence-corrected chi connectivity index (χ0v) is 11.8. The van der Waals surface area contributed by atoms with Crippen LogP contribution in [0.5, 0.6) is 0 Å². The SMILES string of the molecule is O=Cc1cc(Cl)ncc1-c1c(Cl)ccc(Cl)c1Cl. The summed E-state index contributed by atoms with van der Waals surface area (Å²) >= 11 is 23.9. The highest BCUT2D eigenvalue weighted by Gasteiger charge is 2.15. The number of halogens is 4. The van der Waals surface area contributed by atoms with E-state index >= 15 is 0 Å². The molecule has 0 fully saturated rings. The number of aldehydes is 1. The second kappa shape index (κ2) is 5.45. The minimum atomic E-state index is 0.218. The highest BCUT2D eigenvalue weighted by molar-refractivity contribution is 6.46. The van der Waals surface area contributed by atoms with Gasteiger partial charge in [0.15, 0.2) is 6.29 Å². The summed E-state index contributed by atoms with van der Waals surface area (Å²) in [4.78, 5) is 15.0. The molecule has 6 heteroatoms. The van der Waals surface area contributed by atoms with Gasteiger partial charge in [-0.2, -0.15) is 0 Å². The van der Waals surface area contributed by atoms with Gasteiger partial charge in [-0.15, -0.1) is 0 Å². The fourth-order valence-electron chi connectivity index (χ4n) is 1.52. The number of carbonyl (C=O) groups is 1. The van der Waals surface area contributed by atoms with Crippen molar-refractivity contribution in [1.82, 2.24) is 4.98 Å². The zero-order valence-electron chi connectivity index (χ0n) is 8.75. The van der Waals surface area contributed by atoms with Gasteiger partial charge < -0.3 is 0 Å². The van der Waals surface area contributed by atoms with Crippen molar-refractivity contribution in [2.75, 3.05) is 0 Å². The number of rotatable bonds is 2. The van der Waals surface area contributed by atoms with E-state index < -0.39 is 0 Å². The molecule has 1 heterocycles. The predicted octanol–water partition coefficient (Wildman–Crippen LogP) is 5.17. The third-order valence-electron chi connectivity index (χ3n) is 2.34. The lowest BCUT2D eigenvalue weighted by atomic mass is 10.0. The second-order valence-electron chi connectivity index (χ2n) is 3.43. The van der Waals surface area contributed by atoms with E-state index in [1.54, 1.807) is 12.1 Å². The van der Waals surface area contributed by atoms with E-state index in [1.807, 2.05) is 0 Å². The molecule has 0 aliphatic carbocycles. The van der Waals surface area contributed by atoms with Gasteiger partial charge in [-0.05, 0) is 18.2 Å². The molecule has 0 atom stereocenters. The first-order valence-electron chi connectivity index (χ1n) is 4.79. The first-order valence-corrected chi connectivity index (χ1v) is 6.30. The molecule has 2 aromatic rings. The van der Waals surface area contributed by atoms with E-state index in [9.17, 15) is 4.79 Å². The molecule has 18 heavy (non-hydrogen) atoms. The lowest BCUT2D eigenvalue weighted by Crippen LogP contribution is -1.92. The van der Waals surface area contributed by atoms with Crippen molar-refractivity contribution < 1.29 is 4.79 Å². The van der Waals surface area contributed by atoms with E-state index in [2.05, 4.69) is 4.98 Å². The van der Waals surface area contributed by atoms with Crippen LogP contribution in [-0.4, -0.2) is 11.3 Å². The Hall–Kier alpha value is -0.800. The molecule has 0 amide bonds. The van der Waals surface area contributed by atoms with Crippen LogP contribution in [0.3, 0.4) is 0 Å². The first kappa shape index (κ1) is 13.6. The minimum Gasteiger partial charge on any atom is -0.298 e. The Balaban J connectivity index is 2.77. The van der Waals surface area contributed by atoms with Crippen LogP contribution < -0.4 is 0 Å². The normalized spacial score (nSPS) is 10.4. The molecule has 0 unspecified atom stereocenters. The Morgan fingerprint density at radius 3 is 2.39 bits per heavy atom. The Morgan fingerprint density at radius 1 is 1.06 bits per heavy atom. The molecular weight excluding hydrogens is 316 g/mol. The van der Waals surface area contributed by atoms with Gasteiger partial charge in [0.1, 0.15) is 5.15 Å². The average molecular weight is 321 g/mol. The van der Waals surface area contributed by atoms with Crippen LogP contribution in [0.1, 0.15) is 10.4 Å². The molecule has 2 rings (SSSR count). The predicted molar refractivity (Wildman–Crippen MR) is 75.1 cm³/mol. The fraction of sp³-hybridized carbons (Fsp3) is 0. The first-order chi connectivity index (χ1) is 8.54. The van der Waals surface area contributed by atoms with Crippen LogP contribution in [-0.2, 0) is 0 Å². The van der Waals surface area contributed by atoms with Crippen molar-refractivity contribution in [3.05, 3.63) is 50.2 Å². The van der Waals surface area contributed by atoms with Crippen molar-refractivity contribution in [3.8, 4) is 11.1 Å². The van der Waals surface area contributed by atoms with Crippen molar-refractivity contribution in [2.45, 2.75) is 0 Å². The molecule has 0 bridgehead atoms. The van der Waals surface area contributed by atoms with Crippen molar-refractivity contribution in [3.63, 3.8) is 0 Å². The maximum atomic E-state index is 11.1. The van der Waals surface area contributed by atoms with E-state index in [4.69, 9.17) is 46.4 Å². The lowest BCUT2D eigenvalue weighted by Gasteiger charge is -2.10. The Morgan fingerprint density at radius 2 is 1.72 bits per heavy atom. The number of aromatic nitrogens is 1. The molecule has 1 aromatic heterocycles. The van der Waals surface area contributed by atoms with Crippen LogP contribution in [0, 0.1) is 0 Å². The van der Waals surface area contributed by atoms with Gasteiger partial charge in [-0.3, -0.25) is 4.79 Å². The monoisotopic (exact) mass is 319 g/mol. The maximum Gasteiger partial charge on any atom is 0.150 e. The van der Waals surface area contributed by atoms with Crippen LogP contribution in [0.4, 0.5) is 0 Å². The molecular formula is C12H5Cl4NO. The van der Waals surface area contributed by atoms with E-state index in [0.29, 0.717) is 33.0 Å². The van der Waals surface area contributed by atoms with Gasteiger partial charge in [-0.1, -0.05) is 46.4 Å². The maximum absolute atomic E-state index is 11.1. The molecule has 0 aliphatic heterocycles. The van der Waals surface area contributed by atoms with Gasteiger partial charge in [0.05, 0.1) is 15.1 Å². The quantitative estimate of drug-likeness (QED) is 0.434. The molecule has 0 saturated heterocycles. The number of nitrogens with zero attached hydrogens (tertiary/aromatic N) is 1. The number of hydrogen-bond acceptors (Lipinski definition) is 2. The lowest BCUT2D eigenvalue weighted by molar-refractivity contribution is 0.112. The van der Waals surface area contributed by atoms with Crippen LogP contribution in [0.15, 0.2) is 24.4 Å². The molecule has 1 aromatic carbocycles. The van der Waals surface area contributed by atoms with Gasteiger partial charge in [-0.25, -0.2) is 4.98 Å². The number of pyridine rings is 1. The van der Waals surface area contributed by atoms with Gasteiger partial charge >= 0.3 is 0 Å². The molecule has 0 aliphatic rings. The third kappa shape index (κ3) is 2.47. The summed E-state index contributed by atoms with van der Waals surface area (Å²) in [6.45, 7) is 0.